The van der Waals surface area contributed by atoms with E-state index in [4.69, 9.17) is 4.74 Å². The summed E-state index contributed by atoms with van der Waals surface area (Å²) in [6.45, 7) is 4.46. The Morgan fingerprint density at radius 2 is 2.07 bits per heavy atom. The van der Waals surface area contributed by atoms with Gasteiger partial charge >= 0.3 is 12.0 Å². The molecule has 0 radical (unpaired) electrons. The number of hydrogen-bond acceptors (Lipinski definition) is 6. The topological polar surface area (TPSA) is 83.6 Å². The van der Waals surface area contributed by atoms with Crippen molar-refractivity contribution in [1.82, 2.24) is 10.3 Å². The average molecular weight is 403 g/mol. The normalized spacial score (nSPS) is 13.4. The zero-order valence-corrected chi connectivity index (χ0v) is 17.1. The first kappa shape index (κ1) is 20.1. The van der Waals surface area contributed by atoms with E-state index in [-0.39, 0.29) is 6.03 Å². The highest BCUT2D eigenvalue weighted by atomic mass is 32.1. The third-order valence-electron chi connectivity index (χ3n) is 4.68. The zero-order valence-electron chi connectivity index (χ0n) is 16.3. The molecular weight excluding hydrogens is 376 g/mol. The number of methoxy groups -OCH3 is 1. The Balaban J connectivity index is 1.64. The Kier molecular flexibility index (Phi) is 6.86. The summed E-state index contributed by atoms with van der Waals surface area (Å²) in [4.78, 5) is 31.0. The lowest BCUT2D eigenvalue weighted by Gasteiger charge is -2.22. The van der Waals surface area contributed by atoms with Crippen molar-refractivity contribution in [3.8, 4) is 0 Å². The maximum atomic E-state index is 12.4. The molecule has 2 heterocycles. The van der Waals surface area contributed by atoms with E-state index < -0.39 is 5.97 Å². The fraction of sp³-hybridized carbons (Fsp3) is 0.450. The van der Waals surface area contributed by atoms with Crippen LogP contribution in [-0.2, 0) is 17.6 Å². The monoisotopic (exact) mass is 402 g/mol. The number of aromatic nitrogens is 1. The van der Waals surface area contributed by atoms with Crippen molar-refractivity contribution in [3.05, 3.63) is 39.8 Å². The Hall–Kier alpha value is -2.61. The minimum Gasteiger partial charge on any atom is -0.465 e. The molecule has 1 aliphatic heterocycles. The van der Waals surface area contributed by atoms with E-state index in [0.29, 0.717) is 24.2 Å². The van der Waals surface area contributed by atoms with Gasteiger partial charge in [-0.15, -0.1) is 11.3 Å². The van der Waals surface area contributed by atoms with Gasteiger partial charge in [-0.3, -0.25) is 0 Å². The number of carbonyl (C=O) groups excluding carboxylic acids is 2. The number of carbonyl (C=O) groups is 2. The van der Waals surface area contributed by atoms with Crippen LogP contribution in [0.2, 0.25) is 0 Å². The van der Waals surface area contributed by atoms with Crippen LogP contribution >= 0.6 is 11.3 Å². The van der Waals surface area contributed by atoms with E-state index in [9.17, 15) is 9.59 Å². The first-order chi connectivity index (χ1) is 13.6. The van der Waals surface area contributed by atoms with E-state index in [1.165, 1.54) is 7.11 Å². The molecule has 0 saturated carbocycles. The van der Waals surface area contributed by atoms with E-state index in [2.05, 4.69) is 27.4 Å². The fourth-order valence-corrected chi connectivity index (χ4v) is 3.99. The number of urea groups is 1. The van der Waals surface area contributed by atoms with Gasteiger partial charge in [-0.1, -0.05) is 6.92 Å². The van der Waals surface area contributed by atoms with Crippen LogP contribution in [0.4, 0.5) is 16.2 Å². The molecule has 1 saturated heterocycles. The summed E-state index contributed by atoms with van der Waals surface area (Å²) >= 11 is 1.64. The highest BCUT2D eigenvalue weighted by Crippen LogP contribution is 2.30. The standard InChI is InChI=1S/C20H26N4O3S/c1-3-18-22-15(13-28-18)8-9-21-20(26)23-16-12-14(19(25)27-2)6-7-17(16)24-10-4-5-11-24/h6-7,12-13H,3-5,8-11H2,1-2H3,(H2,21,23,26). The number of amides is 2. The Morgan fingerprint density at radius 1 is 1.29 bits per heavy atom. The van der Waals surface area contributed by atoms with Gasteiger partial charge in [-0.05, 0) is 37.5 Å². The summed E-state index contributed by atoms with van der Waals surface area (Å²) in [5, 5.41) is 8.90. The van der Waals surface area contributed by atoms with Gasteiger partial charge in [-0.25, -0.2) is 14.6 Å². The second-order valence-electron chi connectivity index (χ2n) is 6.63. The molecule has 1 aromatic carbocycles. The fourth-order valence-electron chi connectivity index (χ4n) is 3.21. The van der Waals surface area contributed by atoms with Crippen LogP contribution in [0.5, 0.6) is 0 Å². The van der Waals surface area contributed by atoms with Crippen molar-refractivity contribution in [2.24, 2.45) is 0 Å². The minimum absolute atomic E-state index is 0.298. The van der Waals surface area contributed by atoms with Crippen LogP contribution in [0.25, 0.3) is 0 Å². The van der Waals surface area contributed by atoms with Gasteiger partial charge < -0.3 is 20.3 Å². The molecule has 7 nitrogen and oxygen atoms in total. The second-order valence-corrected chi connectivity index (χ2v) is 7.58. The van der Waals surface area contributed by atoms with Crippen LogP contribution in [0.1, 0.15) is 40.8 Å². The van der Waals surface area contributed by atoms with Gasteiger partial charge in [0.15, 0.2) is 0 Å². The van der Waals surface area contributed by atoms with Gasteiger partial charge in [0.2, 0.25) is 0 Å². The lowest BCUT2D eigenvalue weighted by molar-refractivity contribution is 0.0600. The lowest BCUT2D eigenvalue weighted by atomic mass is 10.1. The minimum atomic E-state index is -0.424. The average Bonchev–Trinajstić information content (AvgIpc) is 3.39. The first-order valence-corrected chi connectivity index (χ1v) is 10.4. The van der Waals surface area contributed by atoms with E-state index in [0.717, 1.165) is 48.7 Å². The molecular formula is C20H26N4O3S. The molecule has 0 atom stereocenters. The van der Waals surface area contributed by atoms with Crippen molar-refractivity contribution >= 4 is 34.7 Å². The smallest absolute Gasteiger partial charge is 0.337 e. The first-order valence-electron chi connectivity index (χ1n) is 9.56. The van der Waals surface area contributed by atoms with Crippen molar-refractivity contribution in [2.45, 2.75) is 32.6 Å². The van der Waals surface area contributed by atoms with Crippen LogP contribution in [0.3, 0.4) is 0 Å². The van der Waals surface area contributed by atoms with Crippen molar-refractivity contribution in [2.75, 3.05) is 37.0 Å². The molecule has 8 heteroatoms. The quantitative estimate of drug-likeness (QED) is 0.693. The number of esters is 1. The maximum absolute atomic E-state index is 12.4. The van der Waals surface area contributed by atoms with Gasteiger partial charge in [0, 0.05) is 31.4 Å². The van der Waals surface area contributed by atoms with Crippen LogP contribution < -0.4 is 15.5 Å². The van der Waals surface area contributed by atoms with Gasteiger partial charge in [0.1, 0.15) is 0 Å². The summed E-state index contributed by atoms with van der Waals surface area (Å²) in [5.74, 6) is -0.424. The van der Waals surface area contributed by atoms with Crippen molar-refractivity contribution in [3.63, 3.8) is 0 Å². The molecule has 3 rings (SSSR count). The Bertz CT molecular complexity index is 831. The SMILES string of the molecule is CCc1nc(CCNC(=O)Nc2cc(C(=O)OC)ccc2N2CCCC2)cs1. The number of hydrogen-bond donors (Lipinski definition) is 2. The van der Waals surface area contributed by atoms with E-state index in [1.807, 2.05) is 11.4 Å². The third-order valence-corrected chi connectivity index (χ3v) is 5.72. The molecule has 2 amide bonds. The molecule has 150 valence electrons. The number of aryl methyl sites for hydroxylation is 1. The van der Waals surface area contributed by atoms with Crippen LogP contribution in [-0.4, -0.2) is 43.7 Å². The summed E-state index contributed by atoms with van der Waals surface area (Å²) in [7, 11) is 1.35. The zero-order chi connectivity index (χ0) is 19.9. The number of anilines is 2. The number of rotatable bonds is 7. The number of nitrogens with one attached hydrogen (secondary N) is 2. The van der Waals surface area contributed by atoms with Crippen LogP contribution in [0.15, 0.2) is 23.6 Å². The molecule has 0 unspecified atom stereocenters. The van der Waals surface area contributed by atoms with Crippen molar-refractivity contribution < 1.29 is 14.3 Å². The molecule has 0 bridgehead atoms. The lowest BCUT2D eigenvalue weighted by Crippen LogP contribution is -2.31. The van der Waals surface area contributed by atoms with Gasteiger partial charge in [0.05, 0.1) is 34.7 Å². The van der Waals surface area contributed by atoms with E-state index >= 15 is 0 Å². The number of ether oxygens (including phenoxy) is 1. The summed E-state index contributed by atoms with van der Waals surface area (Å²) in [6, 6.07) is 4.98. The number of benzene rings is 1. The Morgan fingerprint density at radius 3 is 2.75 bits per heavy atom. The molecule has 28 heavy (non-hydrogen) atoms. The summed E-state index contributed by atoms with van der Waals surface area (Å²) < 4.78 is 4.80. The Labute approximate surface area is 169 Å². The molecule has 1 aliphatic rings. The molecule has 2 aromatic rings. The second kappa shape index (κ2) is 9.54. The summed E-state index contributed by atoms with van der Waals surface area (Å²) in [5.41, 5.74) is 2.94. The highest BCUT2D eigenvalue weighted by molar-refractivity contribution is 7.09. The molecule has 1 fully saturated rings. The molecule has 2 N–H and O–H groups in total. The van der Waals surface area contributed by atoms with Gasteiger partial charge in [0.25, 0.3) is 0 Å². The highest BCUT2D eigenvalue weighted by Gasteiger charge is 2.19. The number of thiazole rings is 1. The number of nitrogens with zero attached hydrogens (tertiary/aromatic N) is 2. The van der Waals surface area contributed by atoms with Crippen LogP contribution in [0, 0.1) is 0 Å². The van der Waals surface area contributed by atoms with Gasteiger partial charge in [-0.2, -0.15) is 0 Å². The molecule has 0 aliphatic carbocycles. The maximum Gasteiger partial charge on any atom is 0.337 e. The summed E-state index contributed by atoms with van der Waals surface area (Å²) in [6.07, 6.45) is 3.86. The molecule has 0 spiro atoms. The largest absolute Gasteiger partial charge is 0.465 e. The third kappa shape index (κ3) is 5.01. The predicted octanol–water partition coefficient (Wildman–Crippen LogP) is 3.46. The van der Waals surface area contributed by atoms with E-state index in [1.54, 1.807) is 23.5 Å². The predicted molar refractivity (Wildman–Crippen MR) is 111 cm³/mol. The molecule has 1 aromatic heterocycles. The van der Waals surface area contributed by atoms with Crippen molar-refractivity contribution in [1.29, 1.82) is 0 Å².